The highest BCUT2D eigenvalue weighted by molar-refractivity contribution is 6.36. The minimum atomic E-state index is -0.554. The topological polar surface area (TPSA) is 49.4 Å². The first kappa shape index (κ1) is 14.9. The third kappa shape index (κ3) is 2.70. The predicted molar refractivity (Wildman–Crippen MR) is 81.3 cm³/mol. The SMILES string of the molecule is CN(C1=C(c2ccc(F)cc2)C(=O)NC1=O)c1ccc(F)cc1. The van der Waals surface area contributed by atoms with Gasteiger partial charge in [-0.05, 0) is 42.0 Å². The van der Waals surface area contributed by atoms with Crippen LogP contribution in [0.25, 0.3) is 5.57 Å². The Kier molecular flexibility index (Phi) is 3.65. The van der Waals surface area contributed by atoms with Crippen molar-refractivity contribution >= 4 is 23.1 Å². The Labute approximate surface area is 131 Å². The van der Waals surface area contributed by atoms with Crippen LogP contribution in [-0.2, 0) is 9.59 Å². The van der Waals surface area contributed by atoms with Crippen molar-refractivity contribution in [1.82, 2.24) is 5.32 Å². The lowest BCUT2D eigenvalue weighted by atomic mass is 10.0. The highest BCUT2D eigenvalue weighted by atomic mass is 19.1. The third-order valence-corrected chi connectivity index (χ3v) is 3.59. The van der Waals surface area contributed by atoms with Gasteiger partial charge in [0.05, 0.1) is 5.57 Å². The fourth-order valence-corrected chi connectivity index (χ4v) is 2.44. The van der Waals surface area contributed by atoms with Crippen LogP contribution >= 0.6 is 0 Å². The Morgan fingerprint density at radius 2 is 1.35 bits per heavy atom. The molecule has 0 fully saturated rings. The third-order valence-electron chi connectivity index (χ3n) is 3.59. The lowest BCUT2D eigenvalue weighted by Gasteiger charge is -2.20. The van der Waals surface area contributed by atoms with E-state index in [1.165, 1.54) is 53.4 Å². The van der Waals surface area contributed by atoms with E-state index in [0.717, 1.165) is 0 Å². The van der Waals surface area contributed by atoms with E-state index < -0.39 is 23.4 Å². The highest BCUT2D eigenvalue weighted by Crippen LogP contribution is 2.29. The van der Waals surface area contributed by atoms with Crippen molar-refractivity contribution in [2.45, 2.75) is 0 Å². The molecule has 0 saturated heterocycles. The number of hydrogen-bond acceptors (Lipinski definition) is 3. The van der Waals surface area contributed by atoms with E-state index in [0.29, 0.717) is 11.3 Å². The summed E-state index contributed by atoms with van der Waals surface area (Å²) in [6.45, 7) is 0. The summed E-state index contributed by atoms with van der Waals surface area (Å²) in [6.07, 6.45) is 0. The number of anilines is 1. The first-order chi connectivity index (χ1) is 11.0. The van der Waals surface area contributed by atoms with Gasteiger partial charge in [0.1, 0.15) is 17.3 Å². The van der Waals surface area contributed by atoms with E-state index in [1.54, 1.807) is 7.05 Å². The Hall–Kier alpha value is -3.02. The average molecular weight is 314 g/mol. The molecule has 23 heavy (non-hydrogen) atoms. The Morgan fingerprint density at radius 1 is 0.826 bits per heavy atom. The van der Waals surface area contributed by atoms with E-state index in [-0.39, 0.29) is 11.3 Å². The van der Waals surface area contributed by atoms with E-state index in [9.17, 15) is 18.4 Å². The van der Waals surface area contributed by atoms with Gasteiger partial charge in [0.25, 0.3) is 11.8 Å². The molecule has 1 aliphatic heterocycles. The van der Waals surface area contributed by atoms with Gasteiger partial charge in [0.15, 0.2) is 0 Å². The number of hydrogen-bond donors (Lipinski definition) is 1. The molecule has 1 N–H and O–H groups in total. The van der Waals surface area contributed by atoms with Crippen molar-refractivity contribution in [2.75, 3.05) is 11.9 Å². The summed E-state index contributed by atoms with van der Waals surface area (Å²) in [5.74, 6) is -1.94. The first-order valence-electron chi connectivity index (χ1n) is 6.82. The molecule has 0 aliphatic carbocycles. The summed E-state index contributed by atoms with van der Waals surface area (Å²) >= 11 is 0. The highest BCUT2D eigenvalue weighted by Gasteiger charge is 2.34. The molecule has 2 amide bonds. The summed E-state index contributed by atoms with van der Waals surface area (Å²) in [7, 11) is 1.60. The predicted octanol–water partition coefficient (Wildman–Crippen LogP) is 2.47. The fraction of sp³-hybridized carbons (Fsp3) is 0.0588. The van der Waals surface area contributed by atoms with Gasteiger partial charge >= 0.3 is 0 Å². The standard InChI is InChI=1S/C17H12F2N2O2/c1-21(13-8-6-12(19)7-9-13)15-14(16(22)20-17(15)23)10-2-4-11(18)5-3-10/h2-9H,1H3,(H,20,22,23). The van der Waals surface area contributed by atoms with E-state index in [4.69, 9.17) is 0 Å². The second-order valence-corrected chi connectivity index (χ2v) is 5.05. The Balaban J connectivity index is 2.11. The quantitative estimate of drug-likeness (QED) is 0.886. The number of carbonyl (C=O) groups excluding carboxylic acids is 2. The molecule has 116 valence electrons. The summed E-state index contributed by atoms with van der Waals surface area (Å²) in [5.41, 5.74) is 1.26. The number of imide groups is 1. The van der Waals surface area contributed by atoms with Gasteiger partial charge in [-0.1, -0.05) is 12.1 Å². The van der Waals surface area contributed by atoms with Crippen LogP contribution in [0.2, 0.25) is 0 Å². The first-order valence-corrected chi connectivity index (χ1v) is 6.82. The van der Waals surface area contributed by atoms with Crippen LogP contribution in [0.5, 0.6) is 0 Å². The van der Waals surface area contributed by atoms with Crippen LogP contribution in [-0.4, -0.2) is 18.9 Å². The van der Waals surface area contributed by atoms with E-state index in [2.05, 4.69) is 5.32 Å². The number of halogens is 2. The molecule has 2 aromatic rings. The molecule has 0 unspecified atom stereocenters. The molecule has 0 spiro atoms. The molecule has 6 heteroatoms. The molecule has 0 aromatic heterocycles. The van der Waals surface area contributed by atoms with Crippen molar-refractivity contribution in [3.05, 3.63) is 71.4 Å². The number of rotatable bonds is 3. The van der Waals surface area contributed by atoms with Crippen LogP contribution in [0.4, 0.5) is 14.5 Å². The molecule has 0 atom stereocenters. The number of carbonyl (C=O) groups is 2. The molecule has 1 aliphatic rings. The Bertz CT molecular complexity index is 811. The maximum absolute atomic E-state index is 13.1. The van der Waals surface area contributed by atoms with Gasteiger partial charge in [-0.3, -0.25) is 14.9 Å². The zero-order chi connectivity index (χ0) is 16.6. The molecule has 2 aromatic carbocycles. The molecule has 0 saturated carbocycles. The summed E-state index contributed by atoms with van der Waals surface area (Å²) in [6, 6.07) is 10.8. The maximum Gasteiger partial charge on any atom is 0.275 e. The zero-order valence-corrected chi connectivity index (χ0v) is 12.1. The molecule has 0 radical (unpaired) electrons. The van der Waals surface area contributed by atoms with Gasteiger partial charge in [0, 0.05) is 12.7 Å². The number of nitrogens with one attached hydrogen (secondary N) is 1. The molecule has 0 bridgehead atoms. The fourth-order valence-electron chi connectivity index (χ4n) is 2.44. The monoisotopic (exact) mass is 314 g/mol. The van der Waals surface area contributed by atoms with Crippen molar-refractivity contribution in [3.63, 3.8) is 0 Å². The normalized spacial score (nSPS) is 14.2. The molecule has 3 rings (SSSR count). The molecular formula is C17H12F2N2O2. The van der Waals surface area contributed by atoms with Gasteiger partial charge in [-0.15, -0.1) is 0 Å². The van der Waals surface area contributed by atoms with Gasteiger partial charge < -0.3 is 4.90 Å². The van der Waals surface area contributed by atoms with Crippen molar-refractivity contribution in [3.8, 4) is 0 Å². The van der Waals surface area contributed by atoms with Crippen molar-refractivity contribution < 1.29 is 18.4 Å². The van der Waals surface area contributed by atoms with Gasteiger partial charge in [-0.25, -0.2) is 8.78 Å². The summed E-state index contributed by atoms with van der Waals surface area (Å²) < 4.78 is 26.1. The summed E-state index contributed by atoms with van der Waals surface area (Å²) in [5, 5.41) is 2.23. The zero-order valence-electron chi connectivity index (χ0n) is 12.1. The number of likely N-dealkylation sites (N-methyl/N-ethyl adjacent to an activating group) is 1. The number of benzene rings is 2. The molecular weight excluding hydrogens is 302 g/mol. The minimum Gasteiger partial charge on any atom is -0.339 e. The van der Waals surface area contributed by atoms with Crippen LogP contribution in [0.3, 0.4) is 0 Å². The van der Waals surface area contributed by atoms with E-state index in [1.807, 2.05) is 0 Å². The van der Waals surface area contributed by atoms with Gasteiger partial charge in [0.2, 0.25) is 0 Å². The Morgan fingerprint density at radius 3 is 1.91 bits per heavy atom. The van der Waals surface area contributed by atoms with Crippen LogP contribution < -0.4 is 10.2 Å². The van der Waals surface area contributed by atoms with Crippen LogP contribution in [0, 0.1) is 11.6 Å². The lowest BCUT2D eigenvalue weighted by Crippen LogP contribution is -2.28. The largest absolute Gasteiger partial charge is 0.339 e. The molecule has 4 nitrogen and oxygen atoms in total. The average Bonchev–Trinajstić information content (AvgIpc) is 2.82. The number of amides is 2. The lowest BCUT2D eigenvalue weighted by molar-refractivity contribution is -0.123. The second kappa shape index (κ2) is 5.64. The maximum atomic E-state index is 13.1. The van der Waals surface area contributed by atoms with Crippen LogP contribution in [0.15, 0.2) is 54.2 Å². The smallest absolute Gasteiger partial charge is 0.275 e. The second-order valence-electron chi connectivity index (χ2n) is 5.05. The number of nitrogens with zero attached hydrogens (tertiary/aromatic N) is 1. The van der Waals surface area contributed by atoms with Crippen molar-refractivity contribution in [1.29, 1.82) is 0 Å². The molecule has 1 heterocycles. The van der Waals surface area contributed by atoms with Gasteiger partial charge in [-0.2, -0.15) is 0 Å². The van der Waals surface area contributed by atoms with E-state index >= 15 is 0 Å². The van der Waals surface area contributed by atoms with Crippen LogP contribution in [0.1, 0.15) is 5.56 Å². The summed E-state index contributed by atoms with van der Waals surface area (Å²) in [4.78, 5) is 25.7. The van der Waals surface area contributed by atoms with Crippen molar-refractivity contribution in [2.24, 2.45) is 0 Å². The minimum absolute atomic E-state index is 0.133.